The van der Waals surface area contributed by atoms with Crippen molar-refractivity contribution in [2.75, 3.05) is 7.11 Å². The number of hydrogen-bond acceptors (Lipinski definition) is 4. The van der Waals surface area contributed by atoms with E-state index in [4.69, 9.17) is 0 Å². The van der Waals surface area contributed by atoms with E-state index in [9.17, 15) is 14.7 Å². The van der Waals surface area contributed by atoms with E-state index < -0.39 is 18.1 Å². The minimum atomic E-state index is -0.977. The third kappa shape index (κ3) is 14.1. The van der Waals surface area contributed by atoms with Crippen LogP contribution in [0.4, 0.5) is 0 Å². The van der Waals surface area contributed by atoms with Gasteiger partial charge in [-0.3, -0.25) is 4.79 Å². The Kier molecular flexibility index (Phi) is 16.6. The lowest BCUT2D eigenvalue weighted by Crippen LogP contribution is -2.48. The highest BCUT2D eigenvalue weighted by atomic mass is 16.5. The summed E-state index contributed by atoms with van der Waals surface area (Å²) in [5.41, 5.74) is 0. The van der Waals surface area contributed by atoms with Gasteiger partial charge in [-0.05, 0) is 13.3 Å². The predicted molar refractivity (Wildman–Crippen MR) is 106 cm³/mol. The largest absolute Gasteiger partial charge is 0.467 e. The molecular formula is C21H41NO4. The second-order valence-electron chi connectivity index (χ2n) is 7.30. The highest BCUT2D eigenvalue weighted by Crippen LogP contribution is 2.13. The molecule has 0 saturated heterocycles. The van der Waals surface area contributed by atoms with Gasteiger partial charge in [0.05, 0.1) is 13.2 Å². The summed E-state index contributed by atoms with van der Waals surface area (Å²) in [6, 6.07) is -0.977. The number of carbonyl (C=O) groups is 2. The summed E-state index contributed by atoms with van der Waals surface area (Å²) in [4.78, 5) is 23.3. The summed E-state index contributed by atoms with van der Waals surface area (Å²) >= 11 is 0. The average Bonchev–Trinajstić information content (AvgIpc) is 2.62. The third-order valence-corrected chi connectivity index (χ3v) is 4.76. The standard InChI is InChI=1S/C21H41NO4/c1-4-5-6-7-8-9-10-11-12-13-14-15-16-17-19(24)22-20(18(2)23)21(25)26-3/h18,20,23H,4-17H2,1-3H3,(H,22,24)/t18-,20-/m0/s1. The van der Waals surface area contributed by atoms with Crippen LogP contribution >= 0.6 is 0 Å². The molecule has 0 rings (SSSR count). The fourth-order valence-corrected chi connectivity index (χ4v) is 3.05. The Bertz CT molecular complexity index is 358. The molecule has 0 heterocycles. The highest BCUT2D eigenvalue weighted by molar-refractivity contribution is 5.84. The molecule has 0 aromatic heterocycles. The van der Waals surface area contributed by atoms with Gasteiger partial charge in [0.15, 0.2) is 6.04 Å². The predicted octanol–water partition coefficient (Wildman–Crippen LogP) is 4.51. The maximum Gasteiger partial charge on any atom is 0.331 e. The first kappa shape index (κ1) is 24.9. The Balaban J connectivity index is 3.49. The first-order valence-electron chi connectivity index (χ1n) is 10.6. The third-order valence-electron chi connectivity index (χ3n) is 4.76. The van der Waals surface area contributed by atoms with Crippen LogP contribution < -0.4 is 5.32 Å². The van der Waals surface area contributed by atoms with E-state index in [1.54, 1.807) is 0 Å². The lowest BCUT2D eigenvalue weighted by atomic mass is 10.0. The summed E-state index contributed by atoms with van der Waals surface area (Å²) in [5, 5.41) is 12.1. The van der Waals surface area contributed by atoms with Gasteiger partial charge in [0, 0.05) is 6.42 Å². The van der Waals surface area contributed by atoms with Gasteiger partial charge in [0.1, 0.15) is 0 Å². The number of unbranched alkanes of at least 4 members (excludes halogenated alkanes) is 12. The molecule has 0 saturated carbocycles. The molecule has 5 heteroatoms. The molecule has 0 aliphatic heterocycles. The Labute approximate surface area is 160 Å². The Morgan fingerprint density at radius 1 is 0.846 bits per heavy atom. The van der Waals surface area contributed by atoms with E-state index in [0.29, 0.717) is 6.42 Å². The Morgan fingerprint density at radius 2 is 1.27 bits per heavy atom. The zero-order chi connectivity index (χ0) is 19.6. The lowest BCUT2D eigenvalue weighted by molar-refractivity contribution is -0.148. The number of rotatable bonds is 17. The van der Waals surface area contributed by atoms with Crippen molar-refractivity contribution in [3.8, 4) is 0 Å². The van der Waals surface area contributed by atoms with Gasteiger partial charge in [0.25, 0.3) is 0 Å². The Hall–Kier alpha value is -1.10. The number of esters is 1. The van der Waals surface area contributed by atoms with Gasteiger partial charge in [-0.15, -0.1) is 0 Å². The molecule has 0 aromatic carbocycles. The number of amides is 1. The number of ether oxygens (including phenoxy) is 1. The normalized spacial score (nSPS) is 13.2. The number of methoxy groups -OCH3 is 1. The van der Waals surface area contributed by atoms with Crippen LogP contribution in [0.1, 0.15) is 104 Å². The minimum Gasteiger partial charge on any atom is -0.467 e. The zero-order valence-electron chi connectivity index (χ0n) is 17.2. The molecule has 2 N–H and O–H groups in total. The van der Waals surface area contributed by atoms with Crippen LogP contribution in [0.2, 0.25) is 0 Å². The monoisotopic (exact) mass is 371 g/mol. The molecule has 0 unspecified atom stereocenters. The van der Waals surface area contributed by atoms with Gasteiger partial charge in [-0.1, -0.05) is 84.0 Å². The van der Waals surface area contributed by atoms with Crippen molar-refractivity contribution >= 4 is 11.9 Å². The van der Waals surface area contributed by atoms with Crippen molar-refractivity contribution in [2.24, 2.45) is 0 Å². The molecule has 0 radical (unpaired) electrons. The molecule has 5 nitrogen and oxygen atoms in total. The highest BCUT2D eigenvalue weighted by Gasteiger charge is 2.25. The van der Waals surface area contributed by atoms with Crippen LogP contribution in [-0.4, -0.2) is 36.2 Å². The second-order valence-corrected chi connectivity index (χ2v) is 7.30. The summed E-state index contributed by atoms with van der Waals surface area (Å²) in [7, 11) is 1.25. The van der Waals surface area contributed by atoms with Crippen LogP contribution in [-0.2, 0) is 14.3 Å². The SMILES string of the molecule is CCCCCCCCCCCCCCCC(=O)N[C@H](C(=O)OC)[C@H](C)O. The van der Waals surface area contributed by atoms with Gasteiger partial charge >= 0.3 is 5.97 Å². The van der Waals surface area contributed by atoms with Gasteiger partial charge in [-0.25, -0.2) is 4.79 Å². The molecule has 0 aromatic rings. The number of hydrogen-bond donors (Lipinski definition) is 2. The molecule has 0 spiro atoms. The maximum atomic E-state index is 11.8. The van der Waals surface area contributed by atoms with E-state index in [-0.39, 0.29) is 5.91 Å². The number of nitrogens with one attached hydrogen (secondary N) is 1. The topological polar surface area (TPSA) is 75.6 Å². The van der Waals surface area contributed by atoms with Crippen molar-refractivity contribution in [1.82, 2.24) is 5.32 Å². The summed E-state index contributed by atoms with van der Waals surface area (Å²) in [5.74, 6) is -0.817. The van der Waals surface area contributed by atoms with Crippen LogP contribution in [0.25, 0.3) is 0 Å². The van der Waals surface area contributed by atoms with E-state index in [1.165, 1.54) is 78.2 Å². The lowest BCUT2D eigenvalue weighted by Gasteiger charge is -2.18. The van der Waals surface area contributed by atoms with E-state index in [0.717, 1.165) is 19.3 Å². The van der Waals surface area contributed by atoms with Crippen LogP contribution in [0, 0.1) is 0 Å². The van der Waals surface area contributed by atoms with Gasteiger partial charge in [-0.2, -0.15) is 0 Å². The van der Waals surface area contributed by atoms with E-state index in [2.05, 4.69) is 17.0 Å². The van der Waals surface area contributed by atoms with E-state index >= 15 is 0 Å². The first-order valence-corrected chi connectivity index (χ1v) is 10.6. The van der Waals surface area contributed by atoms with Gasteiger partial charge < -0.3 is 15.2 Å². The second kappa shape index (κ2) is 17.3. The van der Waals surface area contributed by atoms with Crippen molar-refractivity contribution in [2.45, 2.75) is 116 Å². The van der Waals surface area contributed by atoms with Crippen molar-refractivity contribution in [1.29, 1.82) is 0 Å². The average molecular weight is 372 g/mol. The van der Waals surface area contributed by atoms with E-state index in [1.807, 2.05) is 0 Å². The fourth-order valence-electron chi connectivity index (χ4n) is 3.05. The van der Waals surface area contributed by atoms with Crippen molar-refractivity contribution in [3.63, 3.8) is 0 Å². The Morgan fingerprint density at radius 3 is 1.65 bits per heavy atom. The zero-order valence-corrected chi connectivity index (χ0v) is 17.2. The molecule has 2 atom stereocenters. The van der Waals surface area contributed by atoms with Crippen LogP contribution in [0.3, 0.4) is 0 Å². The minimum absolute atomic E-state index is 0.204. The van der Waals surface area contributed by atoms with Crippen LogP contribution in [0.5, 0.6) is 0 Å². The molecule has 0 fully saturated rings. The maximum absolute atomic E-state index is 11.8. The molecule has 0 aliphatic rings. The fraction of sp³-hybridized carbons (Fsp3) is 0.905. The van der Waals surface area contributed by atoms with Gasteiger partial charge in [0.2, 0.25) is 5.91 Å². The molecule has 1 amide bonds. The number of carbonyl (C=O) groups excluding carboxylic acids is 2. The number of aliphatic hydroxyl groups excluding tert-OH is 1. The molecular weight excluding hydrogens is 330 g/mol. The molecule has 0 aliphatic carbocycles. The van der Waals surface area contributed by atoms with Crippen molar-refractivity contribution in [3.05, 3.63) is 0 Å². The summed E-state index contributed by atoms with van der Waals surface area (Å²) < 4.78 is 4.58. The van der Waals surface area contributed by atoms with Crippen molar-refractivity contribution < 1.29 is 19.4 Å². The molecule has 0 bridgehead atoms. The molecule has 26 heavy (non-hydrogen) atoms. The number of aliphatic hydroxyl groups is 1. The smallest absolute Gasteiger partial charge is 0.331 e. The van der Waals surface area contributed by atoms with Crippen LogP contribution in [0.15, 0.2) is 0 Å². The molecule has 154 valence electrons. The first-order chi connectivity index (χ1) is 12.5. The summed E-state index contributed by atoms with van der Waals surface area (Å²) in [6.45, 7) is 3.72. The quantitative estimate of drug-likeness (QED) is 0.291. The summed E-state index contributed by atoms with van der Waals surface area (Å²) in [6.07, 6.45) is 15.8.